The Morgan fingerprint density at radius 2 is 1.68 bits per heavy atom. The highest BCUT2D eigenvalue weighted by atomic mass is 35.5. The quantitative estimate of drug-likeness (QED) is 0.760. The molecular formula is C15H16Cl2N2. The first kappa shape index (κ1) is 14.3. The van der Waals surface area contributed by atoms with Crippen LogP contribution in [0.4, 0.5) is 0 Å². The largest absolute Gasteiger partial charge is 0.238 e. The van der Waals surface area contributed by atoms with Gasteiger partial charge >= 0.3 is 0 Å². The average molecular weight is 295 g/mol. The Balaban J connectivity index is 2.32. The molecule has 4 heteroatoms. The highest BCUT2D eigenvalue weighted by molar-refractivity contribution is 6.30. The number of rotatable bonds is 3. The summed E-state index contributed by atoms with van der Waals surface area (Å²) in [6.07, 6.45) is 0.722. The Hall–Kier alpha value is -1.12. The minimum Gasteiger partial charge on any atom is -0.238 e. The minimum atomic E-state index is 0.279. The summed E-state index contributed by atoms with van der Waals surface area (Å²) in [5.74, 6) is 1.07. The van der Waals surface area contributed by atoms with E-state index in [1.807, 2.05) is 31.2 Å². The van der Waals surface area contributed by atoms with Crippen molar-refractivity contribution in [2.24, 2.45) is 0 Å². The van der Waals surface area contributed by atoms with E-state index in [4.69, 9.17) is 23.2 Å². The van der Waals surface area contributed by atoms with E-state index in [1.54, 1.807) is 0 Å². The summed E-state index contributed by atoms with van der Waals surface area (Å²) < 4.78 is 0. The lowest BCUT2D eigenvalue weighted by atomic mass is 10.0. The van der Waals surface area contributed by atoms with Gasteiger partial charge in [0.25, 0.3) is 0 Å². The Morgan fingerprint density at radius 1 is 1.05 bits per heavy atom. The maximum Gasteiger partial charge on any atom is 0.136 e. The second-order valence-corrected chi connectivity index (χ2v) is 5.69. The van der Waals surface area contributed by atoms with Gasteiger partial charge in [-0.25, -0.2) is 9.97 Å². The summed E-state index contributed by atoms with van der Waals surface area (Å²) in [6.45, 7) is 6.10. The number of nitrogens with zero attached hydrogens (tertiary/aromatic N) is 2. The Bertz CT molecular complexity index is 554. The molecule has 0 aliphatic heterocycles. The zero-order chi connectivity index (χ0) is 14.0. The number of aryl methyl sites for hydroxylation is 1. The van der Waals surface area contributed by atoms with Gasteiger partial charge in [0.15, 0.2) is 0 Å². The maximum absolute atomic E-state index is 6.28. The van der Waals surface area contributed by atoms with E-state index < -0.39 is 0 Å². The van der Waals surface area contributed by atoms with E-state index in [2.05, 4.69) is 23.8 Å². The van der Waals surface area contributed by atoms with Crippen LogP contribution in [0.5, 0.6) is 0 Å². The van der Waals surface area contributed by atoms with Crippen molar-refractivity contribution in [1.82, 2.24) is 9.97 Å². The summed E-state index contributed by atoms with van der Waals surface area (Å²) in [4.78, 5) is 8.90. The fourth-order valence-corrected chi connectivity index (χ4v) is 2.26. The molecule has 0 fully saturated rings. The lowest BCUT2D eigenvalue weighted by Gasteiger charge is -2.11. The SMILES string of the molecule is Cc1nc(C(C)C)nc(Cl)c1Cc1ccc(Cl)cc1. The van der Waals surface area contributed by atoms with Gasteiger partial charge in [-0.3, -0.25) is 0 Å². The molecule has 0 atom stereocenters. The second-order valence-electron chi connectivity index (χ2n) is 4.89. The van der Waals surface area contributed by atoms with Crippen molar-refractivity contribution in [3.8, 4) is 0 Å². The van der Waals surface area contributed by atoms with Crippen molar-refractivity contribution < 1.29 is 0 Å². The van der Waals surface area contributed by atoms with Crippen LogP contribution in [0.3, 0.4) is 0 Å². The van der Waals surface area contributed by atoms with E-state index in [0.717, 1.165) is 34.1 Å². The summed E-state index contributed by atoms with van der Waals surface area (Å²) in [5.41, 5.74) is 3.07. The molecular weight excluding hydrogens is 279 g/mol. The third kappa shape index (κ3) is 3.46. The van der Waals surface area contributed by atoms with Crippen molar-refractivity contribution in [2.45, 2.75) is 33.1 Å². The van der Waals surface area contributed by atoms with Gasteiger partial charge < -0.3 is 0 Å². The monoisotopic (exact) mass is 294 g/mol. The molecule has 0 unspecified atom stereocenters. The van der Waals surface area contributed by atoms with Gasteiger partial charge in [-0.1, -0.05) is 49.2 Å². The fraction of sp³-hybridized carbons (Fsp3) is 0.333. The van der Waals surface area contributed by atoms with Crippen LogP contribution in [0.15, 0.2) is 24.3 Å². The molecule has 0 spiro atoms. The molecule has 0 saturated heterocycles. The van der Waals surface area contributed by atoms with Gasteiger partial charge in [-0.2, -0.15) is 0 Å². The van der Waals surface area contributed by atoms with Crippen LogP contribution in [-0.4, -0.2) is 9.97 Å². The van der Waals surface area contributed by atoms with Crippen molar-refractivity contribution in [3.05, 3.63) is 57.1 Å². The Labute approximate surface area is 123 Å². The molecule has 0 aliphatic rings. The number of benzene rings is 1. The molecule has 0 saturated carbocycles. The van der Waals surface area contributed by atoms with E-state index in [0.29, 0.717) is 5.15 Å². The summed E-state index contributed by atoms with van der Waals surface area (Å²) in [6, 6.07) is 7.75. The topological polar surface area (TPSA) is 25.8 Å². The van der Waals surface area contributed by atoms with Gasteiger partial charge in [-0.05, 0) is 24.6 Å². The summed E-state index contributed by atoms with van der Waals surface area (Å²) >= 11 is 12.2. The minimum absolute atomic E-state index is 0.279. The van der Waals surface area contributed by atoms with Crippen molar-refractivity contribution in [1.29, 1.82) is 0 Å². The molecule has 2 rings (SSSR count). The van der Waals surface area contributed by atoms with E-state index in [-0.39, 0.29) is 5.92 Å². The van der Waals surface area contributed by atoms with E-state index >= 15 is 0 Å². The number of halogens is 2. The van der Waals surface area contributed by atoms with Gasteiger partial charge in [0.2, 0.25) is 0 Å². The van der Waals surface area contributed by atoms with Crippen molar-refractivity contribution in [3.63, 3.8) is 0 Å². The molecule has 19 heavy (non-hydrogen) atoms. The predicted molar refractivity (Wildman–Crippen MR) is 80.1 cm³/mol. The first-order valence-corrected chi connectivity index (χ1v) is 7.00. The van der Waals surface area contributed by atoms with Gasteiger partial charge in [0, 0.05) is 28.6 Å². The molecule has 2 aromatic rings. The van der Waals surface area contributed by atoms with Crippen LogP contribution in [0, 0.1) is 6.92 Å². The molecule has 1 aromatic heterocycles. The molecule has 100 valence electrons. The standard InChI is InChI=1S/C15H16Cl2N2/c1-9(2)15-18-10(3)13(14(17)19-15)8-11-4-6-12(16)7-5-11/h4-7,9H,8H2,1-3H3. The number of hydrogen-bond donors (Lipinski definition) is 0. The third-order valence-corrected chi connectivity index (χ3v) is 3.56. The van der Waals surface area contributed by atoms with E-state index in [1.165, 1.54) is 0 Å². The molecule has 0 radical (unpaired) electrons. The fourth-order valence-electron chi connectivity index (χ4n) is 1.85. The second kappa shape index (κ2) is 5.89. The molecule has 0 aliphatic carbocycles. The van der Waals surface area contributed by atoms with Crippen molar-refractivity contribution >= 4 is 23.2 Å². The van der Waals surface area contributed by atoms with Crippen LogP contribution in [0.25, 0.3) is 0 Å². The average Bonchev–Trinajstić information content (AvgIpc) is 2.35. The molecule has 2 nitrogen and oxygen atoms in total. The van der Waals surface area contributed by atoms with Crippen LogP contribution < -0.4 is 0 Å². The van der Waals surface area contributed by atoms with E-state index in [9.17, 15) is 0 Å². The Morgan fingerprint density at radius 3 is 2.21 bits per heavy atom. The summed E-state index contributed by atoms with van der Waals surface area (Å²) in [5, 5.41) is 1.28. The first-order chi connectivity index (χ1) is 8.97. The third-order valence-electron chi connectivity index (χ3n) is 2.99. The molecule has 0 amide bonds. The van der Waals surface area contributed by atoms with Gasteiger partial charge in [-0.15, -0.1) is 0 Å². The molecule has 1 heterocycles. The first-order valence-electron chi connectivity index (χ1n) is 6.24. The Kier molecular flexibility index (Phi) is 4.43. The van der Waals surface area contributed by atoms with Crippen LogP contribution in [0.2, 0.25) is 10.2 Å². The highest BCUT2D eigenvalue weighted by Gasteiger charge is 2.12. The normalized spacial score (nSPS) is 11.1. The molecule has 1 aromatic carbocycles. The smallest absolute Gasteiger partial charge is 0.136 e. The van der Waals surface area contributed by atoms with Gasteiger partial charge in [0.05, 0.1) is 0 Å². The maximum atomic E-state index is 6.28. The summed E-state index contributed by atoms with van der Waals surface area (Å²) in [7, 11) is 0. The number of aromatic nitrogens is 2. The zero-order valence-corrected chi connectivity index (χ0v) is 12.8. The van der Waals surface area contributed by atoms with Crippen LogP contribution >= 0.6 is 23.2 Å². The predicted octanol–water partition coefficient (Wildman–Crippen LogP) is 4.81. The van der Waals surface area contributed by atoms with Gasteiger partial charge in [0.1, 0.15) is 11.0 Å². The lowest BCUT2D eigenvalue weighted by molar-refractivity contribution is 0.760. The molecule has 0 bridgehead atoms. The highest BCUT2D eigenvalue weighted by Crippen LogP contribution is 2.23. The zero-order valence-electron chi connectivity index (χ0n) is 11.2. The van der Waals surface area contributed by atoms with Crippen LogP contribution in [0.1, 0.15) is 42.4 Å². The lowest BCUT2D eigenvalue weighted by Crippen LogP contribution is -2.05. The van der Waals surface area contributed by atoms with Crippen LogP contribution in [-0.2, 0) is 6.42 Å². The van der Waals surface area contributed by atoms with Crippen molar-refractivity contribution in [2.75, 3.05) is 0 Å². The number of hydrogen-bond acceptors (Lipinski definition) is 2. The molecule has 0 N–H and O–H groups in total.